The molecule has 0 atom stereocenters. The number of nitrogens with two attached hydrogens (primary N) is 1. The van der Waals surface area contributed by atoms with E-state index in [-0.39, 0.29) is 5.75 Å². The van der Waals surface area contributed by atoms with Crippen molar-refractivity contribution in [2.45, 2.75) is 6.92 Å². The Balaban J connectivity index is 2.13. The second-order valence-electron chi connectivity index (χ2n) is 4.61. The van der Waals surface area contributed by atoms with E-state index >= 15 is 0 Å². The third-order valence-corrected chi connectivity index (χ3v) is 4.38. The van der Waals surface area contributed by atoms with Crippen molar-refractivity contribution in [2.75, 3.05) is 5.32 Å². The standard InChI is InChI=1S/C14H11FN4O2S/c1-6-10-13(19-8-3-2-7(15)4-9(8)20)17-5-18-14(10)22-11(6)12(16)21/h2-5,20H,1H3,(H2,16,21)(H,17,18,19). The van der Waals surface area contributed by atoms with Gasteiger partial charge in [0.1, 0.15) is 28.5 Å². The van der Waals surface area contributed by atoms with Gasteiger partial charge in [-0.15, -0.1) is 11.3 Å². The van der Waals surface area contributed by atoms with E-state index in [4.69, 9.17) is 5.73 Å². The number of carbonyl (C=O) groups is 1. The van der Waals surface area contributed by atoms with Crippen molar-refractivity contribution in [3.63, 3.8) is 0 Å². The second kappa shape index (κ2) is 5.23. The van der Waals surface area contributed by atoms with Crippen LogP contribution in [0.15, 0.2) is 24.5 Å². The third kappa shape index (κ3) is 2.33. The molecule has 0 spiro atoms. The summed E-state index contributed by atoms with van der Waals surface area (Å²) in [6.45, 7) is 1.75. The molecule has 0 bridgehead atoms. The Labute approximate surface area is 128 Å². The number of halogens is 1. The van der Waals surface area contributed by atoms with Gasteiger partial charge < -0.3 is 16.2 Å². The number of aromatic nitrogens is 2. The van der Waals surface area contributed by atoms with E-state index in [9.17, 15) is 14.3 Å². The van der Waals surface area contributed by atoms with E-state index in [0.717, 1.165) is 6.07 Å². The van der Waals surface area contributed by atoms with Crippen LogP contribution in [0.3, 0.4) is 0 Å². The molecule has 0 aliphatic rings. The van der Waals surface area contributed by atoms with E-state index in [1.165, 1.54) is 29.8 Å². The minimum atomic E-state index is -0.543. The Hall–Kier alpha value is -2.74. The number of hydrogen-bond donors (Lipinski definition) is 3. The largest absolute Gasteiger partial charge is 0.506 e. The first-order valence-corrected chi connectivity index (χ1v) is 7.08. The number of amides is 1. The van der Waals surface area contributed by atoms with Gasteiger partial charge >= 0.3 is 0 Å². The maximum atomic E-state index is 13.0. The number of aryl methyl sites for hydroxylation is 1. The summed E-state index contributed by atoms with van der Waals surface area (Å²) >= 11 is 1.18. The number of hydrogen-bond acceptors (Lipinski definition) is 6. The lowest BCUT2D eigenvalue weighted by molar-refractivity contribution is 0.100. The Kier molecular flexibility index (Phi) is 3.38. The van der Waals surface area contributed by atoms with Gasteiger partial charge in [-0.05, 0) is 24.6 Å². The number of primary amides is 1. The van der Waals surface area contributed by atoms with Crippen LogP contribution in [-0.2, 0) is 0 Å². The minimum absolute atomic E-state index is 0.241. The third-order valence-electron chi connectivity index (χ3n) is 3.16. The van der Waals surface area contributed by atoms with Gasteiger partial charge in [-0.25, -0.2) is 14.4 Å². The molecule has 3 aromatic rings. The summed E-state index contributed by atoms with van der Waals surface area (Å²) in [5.74, 6) is -0.905. The summed E-state index contributed by atoms with van der Waals surface area (Å²) in [5.41, 5.74) is 6.31. The molecule has 4 N–H and O–H groups in total. The molecule has 22 heavy (non-hydrogen) atoms. The van der Waals surface area contributed by atoms with Crippen molar-refractivity contribution in [3.05, 3.63) is 40.8 Å². The number of anilines is 2. The number of thiophene rings is 1. The lowest BCUT2D eigenvalue weighted by atomic mass is 10.2. The first-order chi connectivity index (χ1) is 10.5. The number of phenolic OH excluding ortho intramolecular Hbond substituents is 1. The minimum Gasteiger partial charge on any atom is -0.506 e. The molecule has 2 heterocycles. The van der Waals surface area contributed by atoms with Crippen LogP contribution in [0.4, 0.5) is 15.9 Å². The zero-order chi connectivity index (χ0) is 15.9. The van der Waals surface area contributed by atoms with Crippen LogP contribution in [0, 0.1) is 12.7 Å². The molecule has 112 valence electrons. The lowest BCUT2D eigenvalue weighted by Gasteiger charge is -2.09. The predicted molar refractivity (Wildman–Crippen MR) is 82.0 cm³/mol. The number of fused-ring (bicyclic) bond motifs is 1. The average molecular weight is 318 g/mol. The molecule has 1 amide bonds. The molecule has 0 aliphatic carbocycles. The van der Waals surface area contributed by atoms with Gasteiger partial charge in [-0.3, -0.25) is 4.79 Å². The van der Waals surface area contributed by atoms with E-state index in [2.05, 4.69) is 15.3 Å². The second-order valence-corrected chi connectivity index (χ2v) is 5.61. The topological polar surface area (TPSA) is 101 Å². The van der Waals surface area contributed by atoms with E-state index in [1.54, 1.807) is 6.92 Å². The summed E-state index contributed by atoms with van der Waals surface area (Å²) in [7, 11) is 0. The Bertz CT molecular complexity index is 894. The molecule has 0 fully saturated rings. The van der Waals surface area contributed by atoms with E-state index in [0.29, 0.717) is 32.2 Å². The zero-order valence-electron chi connectivity index (χ0n) is 11.4. The summed E-state index contributed by atoms with van der Waals surface area (Å²) in [6.07, 6.45) is 1.34. The lowest BCUT2D eigenvalue weighted by Crippen LogP contribution is -2.09. The van der Waals surface area contributed by atoms with Crippen molar-refractivity contribution < 1.29 is 14.3 Å². The molecule has 3 rings (SSSR count). The molecular formula is C14H11FN4O2S. The highest BCUT2D eigenvalue weighted by Gasteiger charge is 2.18. The molecule has 0 unspecified atom stereocenters. The van der Waals surface area contributed by atoms with Crippen molar-refractivity contribution >= 4 is 39.0 Å². The fraction of sp³-hybridized carbons (Fsp3) is 0.0714. The van der Waals surface area contributed by atoms with Crippen LogP contribution >= 0.6 is 11.3 Å². The maximum absolute atomic E-state index is 13.0. The molecule has 8 heteroatoms. The average Bonchev–Trinajstić information content (AvgIpc) is 2.80. The Morgan fingerprint density at radius 3 is 2.86 bits per heavy atom. The Morgan fingerprint density at radius 2 is 2.18 bits per heavy atom. The van der Waals surface area contributed by atoms with Crippen LogP contribution in [0.5, 0.6) is 5.75 Å². The number of benzene rings is 1. The highest BCUT2D eigenvalue weighted by molar-refractivity contribution is 7.20. The van der Waals surface area contributed by atoms with Crippen LogP contribution < -0.4 is 11.1 Å². The number of nitrogens with zero attached hydrogens (tertiary/aromatic N) is 2. The van der Waals surface area contributed by atoms with Gasteiger partial charge in [-0.1, -0.05) is 0 Å². The summed E-state index contributed by atoms with van der Waals surface area (Å²) in [4.78, 5) is 20.7. The molecule has 0 saturated heterocycles. The highest BCUT2D eigenvalue weighted by atomic mass is 32.1. The van der Waals surface area contributed by atoms with Crippen LogP contribution in [0.25, 0.3) is 10.2 Å². The summed E-state index contributed by atoms with van der Waals surface area (Å²) < 4.78 is 13.0. The SMILES string of the molecule is Cc1c(C(N)=O)sc2ncnc(Nc3ccc(F)cc3O)c12. The van der Waals surface area contributed by atoms with Crippen molar-refractivity contribution in [1.82, 2.24) is 9.97 Å². The predicted octanol–water partition coefficient (Wildman–Crippen LogP) is 2.69. The first kappa shape index (κ1) is 14.2. The fourth-order valence-corrected chi connectivity index (χ4v) is 3.14. The van der Waals surface area contributed by atoms with Crippen LogP contribution in [0.2, 0.25) is 0 Å². The number of aromatic hydroxyl groups is 1. The molecule has 0 aliphatic heterocycles. The molecule has 6 nitrogen and oxygen atoms in total. The quantitative estimate of drug-likeness (QED) is 0.645. The van der Waals surface area contributed by atoms with E-state index < -0.39 is 11.7 Å². The first-order valence-electron chi connectivity index (χ1n) is 6.27. The Morgan fingerprint density at radius 1 is 1.41 bits per heavy atom. The van der Waals surface area contributed by atoms with Gasteiger partial charge in [0.25, 0.3) is 5.91 Å². The summed E-state index contributed by atoms with van der Waals surface area (Å²) in [6, 6.07) is 3.61. The van der Waals surface area contributed by atoms with Gasteiger partial charge in [0.05, 0.1) is 16.0 Å². The zero-order valence-corrected chi connectivity index (χ0v) is 12.2. The number of nitrogens with one attached hydrogen (secondary N) is 1. The van der Waals surface area contributed by atoms with Gasteiger partial charge in [-0.2, -0.15) is 0 Å². The molecule has 2 aromatic heterocycles. The van der Waals surface area contributed by atoms with Crippen molar-refractivity contribution in [2.24, 2.45) is 5.73 Å². The number of phenols is 1. The number of carbonyl (C=O) groups excluding carboxylic acids is 1. The van der Waals surface area contributed by atoms with Gasteiger partial charge in [0.15, 0.2) is 0 Å². The fourth-order valence-electron chi connectivity index (χ4n) is 2.14. The highest BCUT2D eigenvalue weighted by Crippen LogP contribution is 2.35. The normalized spacial score (nSPS) is 10.8. The van der Waals surface area contributed by atoms with Crippen molar-refractivity contribution in [1.29, 1.82) is 0 Å². The molecule has 0 radical (unpaired) electrons. The van der Waals surface area contributed by atoms with Gasteiger partial charge in [0, 0.05) is 6.07 Å². The number of rotatable bonds is 3. The smallest absolute Gasteiger partial charge is 0.259 e. The van der Waals surface area contributed by atoms with Crippen LogP contribution in [-0.4, -0.2) is 21.0 Å². The van der Waals surface area contributed by atoms with Crippen LogP contribution in [0.1, 0.15) is 15.2 Å². The monoisotopic (exact) mass is 318 g/mol. The molecular weight excluding hydrogens is 307 g/mol. The van der Waals surface area contributed by atoms with Crippen molar-refractivity contribution in [3.8, 4) is 5.75 Å². The maximum Gasteiger partial charge on any atom is 0.259 e. The molecule has 0 saturated carbocycles. The summed E-state index contributed by atoms with van der Waals surface area (Å²) in [5, 5.41) is 13.3. The van der Waals surface area contributed by atoms with Gasteiger partial charge in [0.2, 0.25) is 0 Å². The molecule has 1 aromatic carbocycles. The van der Waals surface area contributed by atoms with E-state index in [1.807, 2.05) is 0 Å².